The van der Waals surface area contributed by atoms with E-state index in [9.17, 15) is 8.42 Å². The van der Waals surface area contributed by atoms with Gasteiger partial charge in [-0.15, -0.1) is 0 Å². The number of benzene rings is 2. The second kappa shape index (κ2) is 7.96. The summed E-state index contributed by atoms with van der Waals surface area (Å²) in [7, 11) is -3.18. The van der Waals surface area contributed by atoms with E-state index >= 15 is 0 Å². The molecule has 2 aromatic carbocycles. The second-order valence-corrected chi connectivity index (χ2v) is 6.96. The van der Waals surface area contributed by atoms with Crippen molar-refractivity contribution in [3.05, 3.63) is 71.8 Å². The Morgan fingerprint density at radius 2 is 1.29 bits per heavy atom. The minimum absolute atomic E-state index is 0.141. The maximum absolute atomic E-state index is 11.9. The molecule has 2 aromatic rings. The molecule has 0 aliphatic heterocycles. The fourth-order valence-electron chi connectivity index (χ4n) is 2.13. The van der Waals surface area contributed by atoms with Gasteiger partial charge in [-0.05, 0) is 30.4 Å². The first-order chi connectivity index (χ1) is 10.2. The molecular weight excluding hydrogens is 282 g/mol. The van der Waals surface area contributed by atoms with Gasteiger partial charge in [0.25, 0.3) is 0 Å². The van der Waals surface area contributed by atoms with Crippen molar-refractivity contribution in [3.63, 3.8) is 0 Å². The van der Waals surface area contributed by atoms with Crippen LogP contribution in [0.2, 0.25) is 0 Å². The van der Waals surface area contributed by atoms with Crippen LogP contribution < -0.4 is 4.72 Å². The van der Waals surface area contributed by atoms with Gasteiger partial charge in [-0.3, -0.25) is 0 Å². The molecule has 2 rings (SSSR count). The Balaban J connectivity index is 1.69. The summed E-state index contributed by atoms with van der Waals surface area (Å²) in [4.78, 5) is 0. The maximum atomic E-state index is 11.9. The summed E-state index contributed by atoms with van der Waals surface area (Å²) in [5.74, 6) is 0.141. The number of hydrogen-bond donors (Lipinski definition) is 1. The van der Waals surface area contributed by atoms with Crippen LogP contribution in [-0.4, -0.2) is 20.7 Å². The van der Waals surface area contributed by atoms with E-state index in [4.69, 9.17) is 0 Å². The Labute approximate surface area is 127 Å². The zero-order valence-electron chi connectivity index (χ0n) is 12.0. The smallest absolute Gasteiger partial charge is 0.211 e. The number of sulfonamides is 1. The third kappa shape index (κ3) is 6.10. The van der Waals surface area contributed by atoms with E-state index in [1.165, 1.54) is 5.56 Å². The predicted molar refractivity (Wildman–Crippen MR) is 86.7 cm³/mol. The van der Waals surface area contributed by atoms with E-state index in [2.05, 4.69) is 16.9 Å². The highest BCUT2D eigenvalue weighted by atomic mass is 32.2. The van der Waals surface area contributed by atoms with Crippen molar-refractivity contribution in [1.82, 2.24) is 4.72 Å². The highest BCUT2D eigenvalue weighted by Gasteiger charge is 2.09. The minimum Gasteiger partial charge on any atom is -0.215 e. The summed E-state index contributed by atoms with van der Waals surface area (Å²) in [5.41, 5.74) is 2.29. The lowest BCUT2D eigenvalue weighted by atomic mass is 10.1. The molecule has 0 amide bonds. The highest BCUT2D eigenvalue weighted by molar-refractivity contribution is 7.89. The summed E-state index contributed by atoms with van der Waals surface area (Å²) >= 11 is 0. The topological polar surface area (TPSA) is 46.2 Å². The molecule has 1 N–H and O–H groups in total. The van der Waals surface area contributed by atoms with Gasteiger partial charge in [0, 0.05) is 6.54 Å². The second-order valence-electron chi connectivity index (χ2n) is 5.04. The Kier molecular flexibility index (Phi) is 5.96. The maximum Gasteiger partial charge on any atom is 0.211 e. The van der Waals surface area contributed by atoms with Crippen LogP contribution in [0.25, 0.3) is 0 Å². The highest BCUT2D eigenvalue weighted by Crippen LogP contribution is 2.03. The van der Waals surface area contributed by atoms with Crippen LogP contribution in [0.5, 0.6) is 0 Å². The van der Waals surface area contributed by atoms with Gasteiger partial charge in [-0.25, -0.2) is 13.1 Å². The molecule has 0 unspecified atom stereocenters. The Morgan fingerprint density at radius 3 is 1.86 bits per heavy atom. The van der Waals surface area contributed by atoms with E-state index in [1.807, 2.05) is 48.5 Å². The standard InChI is InChI=1S/C17H21NO2S/c19-21(20,15-13-17-10-5-2-6-11-17)18-14-7-12-16-8-3-1-4-9-16/h1-6,8-11,18H,7,12-15H2. The number of hydrogen-bond acceptors (Lipinski definition) is 2. The monoisotopic (exact) mass is 303 g/mol. The van der Waals surface area contributed by atoms with E-state index in [1.54, 1.807) is 0 Å². The zero-order valence-corrected chi connectivity index (χ0v) is 12.9. The molecule has 0 saturated carbocycles. The SMILES string of the molecule is O=S(=O)(CCc1ccccc1)NCCCc1ccccc1. The number of aryl methyl sites for hydroxylation is 2. The van der Waals surface area contributed by atoms with Crippen molar-refractivity contribution >= 4 is 10.0 Å². The van der Waals surface area contributed by atoms with E-state index < -0.39 is 10.0 Å². The molecule has 0 radical (unpaired) electrons. The van der Waals surface area contributed by atoms with Crippen molar-refractivity contribution in [2.45, 2.75) is 19.3 Å². The van der Waals surface area contributed by atoms with Crippen LogP contribution in [0.1, 0.15) is 17.5 Å². The Morgan fingerprint density at radius 1 is 0.762 bits per heavy atom. The molecule has 0 aromatic heterocycles. The van der Waals surface area contributed by atoms with E-state index in [0.717, 1.165) is 18.4 Å². The van der Waals surface area contributed by atoms with Gasteiger partial charge in [0.1, 0.15) is 0 Å². The fraction of sp³-hybridized carbons (Fsp3) is 0.294. The van der Waals surface area contributed by atoms with Gasteiger partial charge >= 0.3 is 0 Å². The van der Waals surface area contributed by atoms with Crippen LogP contribution in [-0.2, 0) is 22.9 Å². The number of nitrogens with one attached hydrogen (secondary N) is 1. The summed E-state index contributed by atoms with van der Waals surface area (Å²) in [6.45, 7) is 0.492. The summed E-state index contributed by atoms with van der Waals surface area (Å²) in [6.07, 6.45) is 2.26. The van der Waals surface area contributed by atoms with Crippen molar-refractivity contribution in [3.8, 4) is 0 Å². The first-order valence-corrected chi connectivity index (χ1v) is 8.86. The quantitative estimate of drug-likeness (QED) is 0.762. The third-order valence-corrected chi connectivity index (χ3v) is 4.69. The molecule has 0 heterocycles. The average Bonchev–Trinajstić information content (AvgIpc) is 2.52. The van der Waals surface area contributed by atoms with E-state index in [0.29, 0.717) is 13.0 Å². The molecule has 0 spiro atoms. The molecular formula is C17H21NO2S. The molecule has 3 nitrogen and oxygen atoms in total. The van der Waals surface area contributed by atoms with Crippen molar-refractivity contribution in [1.29, 1.82) is 0 Å². The molecule has 112 valence electrons. The van der Waals surface area contributed by atoms with Gasteiger partial charge in [0.15, 0.2) is 0 Å². The zero-order chi connectivity index (χ0) is 15.0. The van der Waals surface area contributed by atoms with Crippen LogP contribution >= 0.6 is 0 Å². The van der Waals surface area contributed by atoms with Gasteiger partial charge in [-0.2, -0.15) is 0 Å². The summed E-state index contributed by atoms with van der Waals surface area (Å²) in [6, 6.07) is 19.8. The van der Waals surface area contributed by atoms with Crippen LogP contribution in [0.4, 0.5) is 0 Å². The summed E-state index contributed by atoms with van der Waals surface area (Å²) in [5, 5.41) is 0. The Bertz CT molecular complexity index is 624. The van der Waals surface area contributed by atoms with E-state index in [-0.39, 0.29) is 5.75 Å². The van der Waals surface area contributed by atoms with Crippen molar-refractivity contribution in [2.24, 2.45) is 0 Å². The molecule has 0 aliphatic carbocycles. The van der Waals surface area contributed by atoms with Gasteiger partial charge in [-0.1, -0.05) is 60.7 Å². The Hall–Kier alpha value is -1.65. The first kappa shape index (κ1) is 15.7. The van der Waals surface area contributed by atoms with Crippen molar-refractivity contribution < 1.29 is 8.42 Å². The normalized spacial score (nSPS) is 11.4. The lowest BCUT2D eigenvalue weighted by molar-refractivity contribution is 0.578. The van der Waals surface area contributed by atoms with Gasteiger partial charge in [0.05, 0.1) is 5.75 Å². The molecule has 4 heteroatoms. The van der Waals surface area contributed by atoms with Gasteiger partial charge < -0.3 is 0 Å². The lowest BCUT2D eigenvalue weighted by Gasteiger charge is -2.07. The lowest BCUT2D eigenvalue weighted by Crippen LogP contribution is -2.28. The largest absolute Gasteiger partial charge is 0.215 e. The molecule has 0 atom stereocenters. The molecule has 21 heavy (non-hydrogen) atoms. The first-order valence-electron chi connectivity index (χ1n) is 7.21. The van der Waals surface area contributed by atoms with Crippen LogP contribution in [0, 0.1) is 0 Å². The molecule has 0 aliphatic rings. The van der Waals surface area contributed by atoms with Crippen molar-refractivity contribution in [2.75, 3.05) is 12.3 Å². The molecule has 0 saturated heterocycles. The number of rotatable bonds is 8. The third-order valence-electron chi connectivity index (χ3n) is 3.31. The fourth-order valence-corrected chi connectivity index (χ4v) is 3.24. The van der Waals surface area contributed by atoms with Crippen LogP contribution in [0.3, 0.4) is 0 Å². The molecule has 0 bridgehead atoms. The predicted octanol–water partition coefficient (Wildman–Crippen LogP) is 2.78. The average molecular weight is 303 g/mol. The van der Waals surface area contributed by atoms with Crippen LogP contribution in [0.15, 0.2) is 60.7 Å². The minimum atomic E-state index is -3.18. The molecule has 0 fully saturated rings. The van der Waals surface area contributed by atoms with Gasteiger partial charge in [0.2, 0.25) is 10.0 Å². The summed E-state index contributed by atoms with van der Waals surface area (Å²) < 4.78 is 26.5.